The number of alkyl halides is 3. The molecule has 224 valence electrons. The van der Waals surface area contributed by atoms with Crippen molar-refractivity contribution >= 4 is 29.3 Å². The van der Waals surface area contributed by atoms with Gasteiger partial charge in [0.05, 0.1) is 18.8 Å². The molecule has 0 bridgehead atoms. The Bertz CT molecular complexity index is 1380. The summed E-state index contributed by atoms with van der Waals surface area (Å²) in [4.78, 5) is 29.5. The SMILES string of the molecule is Cn1ccnc1SC[C@H]1C[C@@H](c2ccc(CO)cc2)O[C@@H](c2ccc(NC(=O)[C@@H]3CCCN3C(=O)C(F)(F)F)cc2)O1. The van der Waals surface area contributed by atoms with Gasteiger partial charge in [0.2, 0.25) is 5.91 Å². The molecule has 0 radical (unpaired) electrons. The molecule has 2 aromatic carbocycles. The molecule has 1 aromatic heterocycles. The van der Waals surface area contributed by atoms with Crippen LogP contribution in [0.1, 0.15) is 48.3 Å². The average molecular weight is 605 g/mol. The molecule has 42 heavy (non-hydrogen) atoms. The van der Waals surface area contributed by atoms with Crippen LogP contribution >= 0.6 is 11.8 Å². The molecule has 2 amide bonds. The summed E-state index contributed by atoms with van der Waals surface area (Å²) in [5, 5.41) is 12.9. The first kappa shape index (κ1) is 30.1. The number of carbonyl (C=O) groups excluding carboxylic acids is 2. The van der Waals surface area contributed by atoms with E-state index in [1.807, 2.05) is 42.1 Å². The zero-order chi connectivity index (χ0) is 29.9. The lowest BCUT2D eigenvalue weighted by molar-refractivity contribution is -0.245. The van der Waals surface area contributed by atoms with Gasteiger partial charge in [-0.1, -0.05) is 48.2 Å². The van der Waals surface area contributed by atoms with E-state index in [2.05, 4.69) is 10.3 Å². The van der Waals surface area contributed by atoms with Crippen LogP contribution in [-0.2, 0) is 32.7 Å². The summed E-state index contributed by atoms with van der Waals surface area (Å²) in [6, 6.07) is 13.1. The molecule has 0 unspecified atom stereocenters. The van der Waals surface area contributed by atoms with Crippen LogP contribution < -0.4 is 5.32 Å². The number of ether oxygens (including phenoxy) is 2. The molecule has 2 saturated heterocycles. The number of aryl methyl sites for hydroxylation is 1. The van der Waals surface area contributed by atoms with Crippen LogP contribution in [0.25, 0.3) is 0 Å². The summed E-state index contributed by atoms with van der Waals surface area (Å²) in [6.45, 7) is -0.171. The molecule has 0 aliphatic carbocycles. The van der Waals surface area contributed by atoms with Crippen LogP contribution in [0, 0.1) is 0 Å². The number of thioether (sulfide) groups is 1. The minimum atomic E-state index is -5.03. The number of halogens is 3. The smallest absolute Gasteiger partial charge is 0.392 e. The molecule has 4 atom stereocenters. The Morgan fingerprint density at radius 1 is 1.10 bits per heavy atom. The van der Waals surface area contributed by atoms with Crippen LogP contribution in [0.15, 0.2) is 66.1 Å². The van der Waals surface area contributed by atoms with Crippen LogP contribution in [0.4, 0.5) is 18.9 Å². The quantitative estimate of drug-likeness (QED) is 0.358. The summed E-state index contributed by atoms with van der Waals surface area (Å²) < 4.78 is 53.5. The monoisotopic (exact) mass is 604 g/mol. The lowest BCUT2D eigenvalue weighted by Gasteiger charge is -2.36. The number of rotatable bonds is 8. The van der Waals surface area contributed by atoms with Gasteiger partial charge in [-0.3, -0.25) is 9.59 Å². The number of likely N-dealkylation sites (tertiary alicyclic amines) is 1. The third-order valence-electron chi connectivity index (χ3n) is 7.30. The normalized spacial score (nSPS) is 22.7. The topological polar surface area (TPSA) is 106 Å². The van der Waals surface area contributed by atoms with Gasteiger partial charge >= 0.3 is 12.1 Å². The number of aromatic nitrogens is 2. The van der Waals surface area contributed by atoms with Crippen molar-refractivity contribution in [2.45, 2.75) is 61.7 Å². The van der Waals surface area contributed by atoms with E-state index >= 15 is 0 Å². The number of hydrogen-bond donors (Lipinski definition) is 2. The predicted octanol–water partition coefficient (Wildman–Crippen LogP) is 4.74. The van der Waals surface area contributed by atoms with E-state index in [9.17, 15) is 27.9 Å². The molecule has 13 heteroatoms. The first-order chi connectivity index (χ1) is 20.1. The molecule has 2 fully saturated rings. The maximum Gasteiger partial charge on any atom is 0.471 e. The second-order valence-corrected chi connectivity index (χ2v) is 11.2. The predicted molar refractivity (Wildman–Crippen MR) is 148 cm³/mol. The Balaban J connectivity index is 1.28. The molecule has 0 spiro atoms. The number of hydrogen-bond acceptors (Lipinski definition) is 7. The fraction of sp³-hybridized carbons (Fsp3) is 0.414. The standard InChI is InChI=1S/C29H31F3N4O5S/c1-35-14-12-33-28(35)42-17-22-15-24(19-6-4-18(16-37)5-7-19)41-26(40-22)20-8-10-21(11-9-20)34-25(38)23-3-2-13-36(23)27(39)29(30,31)32/h4-12,14,22-24,26,37H,2-3,13,15-17H2,1H3,(H,34,38)/t22-,23+,24+,26+/m1/s1. The number of nitrogens with zero attached hydrogens (tertiary/aromatic N) is 3. The summed E-state index contributed by atoms with van der Waals surface area (Å²) in [5.74, 6) is -2.03. The van der Waals surface area contributed by atoms with Gasteiger partial charge < -0.3 is 29.4 Å². The van der Waals surface area contributed by atoms with Crippen LogP contribution in [0.2, 0.25) is 0 Å². The Morgan fingerprint density at radius 3 is 2.45 bits per heavy atom. The van der Waals surface area contributed by atoms with E-state index in [1.165, 1.54) is 0 Å². The zero-order valence-electron chi connectivity index (χ0n) is 22.8. The van der Waals surface area contributed by atoms with Gasteiger partial charge in [-0.15, -0.1) is 0 Å². The van der Waals surface area contributed by atoms with Crippen molar-refractivity contribution in [1.29, 1.82) is 0 Å². The van der Waals surface area contributed by atoms with Crippen molar-refractivity contribution in [2.24, 2.45) is 7.05 Å². The molecule has 5 rings (SSSR count). The minimum absolute atomic E-state index is 0.0548. The van der Waals surface area contributed by atoms with Crippen molar-refractivity contribution in [1.82, 2.24) is 14.5 Å². The fourth-order valence-corrected chi connectivity index (χ4v) is 6.03. The average Bonchev–Trinajstić information content (AvgIpc) is 3.64. The highest BCUT2D eigenvalue weighted by Crippen LogP contribution is 2.39. The highest BCUT2D eigenvalue weighted by atomic mass is 32.2. The number of aliphatic hydroxyl groups excluding tert-OH is 1. The van der Waals surface area contributed by atoms with Gasteiger partial charge in [-0.05, 0) is 36.1 Å². The molecular weight excluding hydrogens is 573 g/mol. The highest BCUT2D eigenvalue weighted by molar-refractivity contribution is 7.99. The maximum absolute atomic E-state index is 13.0. The zero-order valence-corrected chi connectivity index (χ0v) is 23.6. The van der Waals surface area contributed by atoms with Crippen molar-refractivity contribution in [3.05, 3.63) is 77.6 Å². The summed E-state index contributed by atoms with van der Waals surface area (Å²) >= 11 is 1.58. The lowest BCUT2D eigenvalue weighted by Crippen LogP contribution is -2.48. The van der Waals surface area contributed by atoms with Crippen molar-refractivity contribution < 1.29 is 37.3 Å². The molecule has 3 heterocycles. The molecule has 2 aliphatic heterocycles. The highest BCUT2D eigenvalue weighted by Gasteiger charge is 2.47. The second-order valence-electron chi connectivity index (χ2n) is 10.2. The van der Waals surface area contributed by atoms with E-state index in [-0.39, 0.29) is 31.8 Å². The fourth-order valence-electron chi connectivity index (χ4n) is 5.08. The largest absolute Gasteiger partial charge is 0.471 e. The molecule has 0 saturated carbocycles. The van der Waals surface area contributed by atoms with Gasteiger partial charge in [-0.2, -0.15) is 13.2 Å². The first-order valence-electron chi connectivity index (χ1n) is 13.5. The Kier molecular flexibility index (Phi) is 9.21. The summed E-state index contributed by atoms with van der Waals surface area (Å²) in [6.07, 6.45) is -1.50. The number of aliphatic hydroxyl groups is 1. The summed E-state index contributed by atoms with van der Waals surface area (Å²) in [5.41, 5.74) is 2.83. The molecule has 2 N–H and O–H groups in total. The number of anilines is 1. The van der Waals surface area contributed by atoms with E-state index in [0.29, 0.717) is 34.7 Å². The molecule has 9 nitrogen and oxygen atoms in total. The summed E-state index contributed by atoms with van der Waals surface area (Å²) in [7, 11) is 1.92. The number of carbonyl (C=O) groups is 2. The minimum Gasteiger partial charge on any atom is -0.392 e. The number of nitrogens with one attached hydrogen (secondary N) is 1. The van der Waals surface area contributed by atoms with E-state index in [1.54, 1.807) is 42.2 Å². The van der Waals surface area contributed by atoms with Crippen molar-refractivity contribution in [3.63, 3.8) is 0 Å². The van der Waals surface area contributed by atoms with Gasteiger partial charge in [0.15, 0.2) is 11.4 Å². The molecule has 2 aliphatic rings. The number of amides is 2. The van der Waals surface area contributed by atoms with Crippen molar-refractivity contribution in [3.8, 4) is 0 Å². The lowest BCUT2D eigenvalue weighted by atomic mass is 10.0. The van der Waals surface area contributed by atoms with E-state index < -0.39 is 30.3 Å². The molecular formula is C29H31F3N4O5S. The van der Waals surface area contributed by atoms with Crippen LogP contribution in [-0.4, -0.2) is 62.0 Å². The maximum atomic E-state index is 13.0. The third kappa shape index (κ3) is 6.97. The third-order valence-corrected chi connectivity index (χ3v) is 8.49. The van der Waals surface area contributed by atoms with E-state index in [0.717, 1.165) is 16.3 Å². The van der Waals surface area contributed by atoms with Crippen molar-refractivity contribution in [2.75, 3.05) is 17.6 Å². The van der Waals surface area contributed by atoms with Gasteiger partial charge in [0, 0.05) is 49.4 Å². The first-order valence-corrected chi connectivity index (χ1v) is 14.5. The Labute approximate surface area is 245 Å². The van der Waals surface area contributed by atoms with Crippen LogP contribution in [0.3, 0.4) is 0 Å². The Hall–Kier alpha value is -3.39. The van der Waals surface area contributed by atoms with Crippen LogP contribution in [0.5, 0.6) is 0 Å². The Morgan fingerprint density at radius 2 is 1.81 bits per heavy atom. The van der Waals surface area contributed by atoms with Gasteiger partial charge in [0.1, 0.15) is 6.04 Å². The number of benzene rings is 2. The number of imidazole rings is 1. The molecule has 3 aromatic rings. The van der Waals surface area contributed by atoms with Gasteiger partial charge in [-0.25, -0.2) is 4.98 Å². The second kappa shape index (κ2) is 12.9. The van der Waals surface area contributed by atoms with E-state index in [4.69, 9.17) is 9.47 Å². The van der Waals surface area contributed by atoms with Gasteiger partial charge in [0.25, 0.3) is 0 Å².